The van der Waals surface area contributed by atoms with Gasteiger partial charge in [0.1, 0.15) is 29.7 Å². The van der Waals surface area contributed by atoms with Crippen molar-refractivity contribution in [1.29, 1.82) is 0 Å². The smallest absolute Gasteiger partial charge is 0.147 e. The molecule has 27 heavy (non-hydrogen) atoms. The van der Waals surface area contributed by atoms with Gasteiger partial charge in [0.15, 0.2) is 0 Å². The summed E-state index contributed by atoms with van der Waals surface area (Å²) in [5, 5.41) is 0. The van der Waals surface area contributed by atoms with Gasteiger partial charge in [0.05, 0.1) is 11.0 Å². The van der Waals surface area contributed by atoms with E-state index >= 15 is 0 Å². The molecular weight excluding hydrogens is 336 g/mol. The van der Waals surface area contributed by atoms with Gasteiger partial charge in [-0.15, -0.1) is 0 Å². The molecule has 3 aromatic carbocycles. The molecule has 0 aliphatic heterocycles. The molecule has 0 amide bonds. The molecule has 0 aliphatic carbocycles. The summed E-state index contributed by atoms with van der Waals surface area (Å²) in [6.45, 7) is 4.52. The van der Waals surface area contributed by atoms with Crippen molar-refractivity contribution in [3.8, 4) is 17.2 Å². The number of imidazole rings is 1. The van der Waals surface area contributed by atoms with Crippen LogP contribution in [0.2, 0.25) is 0 Å². The van der Waals surface area contributed by atoms with E-state index in [1.807, 2.05) is 85.3 Å². The monoisotopic (exact) mass is 358 g/mol. The van der Waals surface area contributed by atoms with Gasteiger partial charge >= 0.3 is 0 Å². The molecule has 4 heteroatoms. The van der Waals surface area contributed by atoms with Crippen molar-refractivity contribution >= 4 is 11.0 Å². The number of aromatic nitrogens is 2. The van der Waals surface area contributed by atoms with Gasteiger partial charge in [-0.3, -0.25) is 0 Å². The molecule has 4 nitrogen and oxygen atoms in total. The molecule has 0 fully saturated rings. The van der Waals surface area contributed by atoms with Gasteiger partial charge in [-0.05, 0) is 49.7 Å². The van der Waals surface area contributed by atoms with Crippen LogP contribution in [-0.2, 0) is 13.7 Å². The molecule has 0 bridgehead atoms. The van der Waals surface area contributed by atoms with Crippen molar-refractivity contribution in [1.82, 2.24) is 9.55 Å². The summed E-state index contributed by atoms with van der Waals surface area (Å²) in [4.78, 5) is 4.69. The Morgan fingerprint density at radius 3 is 2.41 bits per heavy atom. The lowest BCUT2D eigenvalue weighted by Gasteiger charge is -2.09. The minimum atomic E-state index is 0.419. The zero-order chi connectivity index (χ0) is 18.8. The molecule has 0 saturated carbocycles. The van der Waals surface area contributed by atoms with Crippen LogP contribution in [0, 0.1) is 13.8 Å². The maximum absolute atomic E-state index is 6.05. The van der Waals surface area contributed by atoms with Gasteiger partial charge in [0.2, 0.25) is 0 Å². The first-order chi connectivity index (χ1) is 13.1. The zero-order valence-electron chi connectivity index (χ0n) is 15.8. The van der Waals surface area contributed by atoms with Gasteiger partial charge in [0, 0.05) is 13.1 Å². The zero-order valence-corrected chi connectivity index (χ0v) is 15.8. The predicted molar refractivity (Wildman–Crippen MR) is 107 cm³/mol. The number of hydrogen-bond acceptors (Lipinski definition) is 3. The van der Waals surface area contributed by atoms with Crippen LogP contribution in [0.3, 0.4) is 0 Å². The third-order valence-corrected chi connectivity index (χ3v) is 4.66. The summed E-state index contributed by atoms with van der Waals surface area (Å²) >= 11 is 0. The van der Waals surface area contributed by atoms with E-state index in [2.05, 4.69) is 6.92 Å². The third kappa shape index (κ3) is 3.65. The second kappa shape index (κ2) is 7.16. The van der Waals surface area contributed by atoms with Crippen LogP contribution in [0.25, 0.3) is 11.0 Å². The summed E-state index contributed by atoms with van der Waals surface area (Å²) in [6.07, 6.45) is 0. The predicted octanol–water partition coefficient (Wildman–Crippen LogP) is 5.56. The molecule has 0 spiro atoms. The van der Waals surface area contributed by atoms with Crippen LogP contribution >= 0.6 is 0 Å². The molecule has 1 aromatic heterocycles. The van der Waals surface area contributed by atoms with Gasteiger partial charge in [0.25, 0.3) is 0 Å². The number of ether oxygens (including phenoxy) is 2. The van der Waals surface area contributed by atoms with Crippen LogP contribution in [0.5, 0.6) is 17.2 Å². The quantitative estimate of drug-likeness (QED) is 0.468. The summed E-state index contributed by atoms with van der Waals surface area (Å²) < 4.78 is 14.0. The molecule has 0 unspecified atom stereocenters. The SMILES string of the molecule is Cc1ccc(OCc2nc3ccc(Oc4ccccc4C)cc3n2C)cc1. The molecule has 4 rings (SSSR count). The fourth-order valence-electron chi connectivity index (χ4n) is 2.99. The Hall–Kier alpha value is -3.27. The minimum absolute atomic E-state index is 0.419. The van der Waals surface area contributed by atoms with Crippen LogP contribution in [0.4, 0.5) is 0 Å². The Kier molecular flexibility index (Phi) is 4.55. The average molecular weight is 358 g/mol. The second-order valence-corrected chi connectivity index (χ2v) is 6.71. The first-order valence-corrected chi connectivity index (χ1v) is 8.98. The normalized spacial score (nSPS) is 10.9. The Morgan fingerprint density at radius 2 is 1.63 bits per heavy atom. The van der Waals surface area contributed by atoms with E-state index in [4.69, 9.17) is 14.5 Å². The van der Waals surface area contributed by atoms with Gasteiger partial charge in [-0.25, -0.2) is 4.98 Å². The number of nitrogens with zero attached hydrogens (tertiary/aromatic N) is 2. The lowest BCUT2D eigenvalue weighted by atomic mass is 10.2. The Labute approximate surface area is 159 Å². The second-order valence-electron chi connectivity index (χ2n) is 6.71. The van der Waals surface area contributed by atoms with E-state index in [0.717, 1.165) is 39.7 Å². The molecule has 0 saturated heterocycles. The number of hydrogen-bond donors (Lipinski definition) is 0. The topological polar surface area (TPSA) is 36.3 Å². The lowest BCUT2D eigenvalue weighted by Crippen LogP contribution is -2.03. The Balaban J connectivity index is 1.56. The summed E-state index contributed by atoms with van der Waals surface area (Å²) in [7, 11) is 2.00. The van der Waals surface area contributed by atoms with Crippen molar-refractivity contribution in [2.45, 2.75) is 20.5 Å². The van der Waals surface area contributed by atoms with Crippen molar-refractivity contribution in [3.05, 3.63) is 83.7 Å². The van der Waals surface area contributed by atoms with Crippen molar-refractivity contribution < 1.29 is 9.47 Å². The maximum atomic E-state index is 6.05. The van der Waals surface area contributed by atoms with Crippen LogP contribution < -0.4 is 9.47 Å². The first kappa shape index (κ1) is 17.2. The van der Waals surface area contributed by atoms with Crippen LogP contribution in [0.15, 0.2) is 66.7 Å². The molecular formula is C23H22N2O2. The molecule has 0 N–H and O–H groups in total. The molecule has 0 radical (unpaired) electrons. The maximum Gasteiger partial charge on any atom is 0.147 e. The first-order valence-electron chi connectivity index (χ1n) is 8.98. The van der Waals surface area contributed by atoms with Crippen molar-refractivity contribution in [2.24, 2.45) is 7.05 Å². The lowest BCUT2D eigenvalue weighted by molar-refractivity contribution is 0.292. The molecule has 4 aromatic rings. The van der Waals surface area contributed by atoms with Gasteiger partial charge in [-0.2, -0.15) is 0 Å². The number of benzene rings is 3. The highest BCUT2D eigenvalue weighted by Crippen LogP contribution is 2.28. The highest BCUT2D eigenvalue weighted by Gasteiger charge is 2.10. The number of aryl methyl sites for hydroxylation is 3. The van der Waals surface area contributed by atoms with E-state index in [0.29, 0.717) is 6.61 Å². The van der Waals surface area contributed by atoms with Crippen molar-refractivity contribution in [2.75, 3.05) is 0 Å². The highest BCUT2D eigenvalue weighted by atomic mass is 16.5. The van der Waals surface area contributed by atoms with Gasteiger partial charge in [-0.1, -0.05) is 35.9 Å². The minimum Gasteiger partial charge on any atom is -0.486 e. The molecule has 1 heterocycles. The van der Waals surface area contributed by atoms with Crippen molar-refractivity contribution in [3.63, 3.8) is 0 Å². The molecule has 0 aliphatic rings. The number of para-hydroxylation sites is 1. The van der Waals surface area contributed by atoms with E-state index in [-0.39, 0.29) is 0 Å². The van der Waals surface area contributed by atoms with E-state index in [1.54, 1.807) is 0 Å². The summed E-state index contributed by atoms with van der Waals surface area (Å²) in [5.41, 5.74) is 4.27. The van der Waals surface area contributed by atoms with E-state index < -0.39 is 0 Å². The number of rotatable bonds is 5. The van der Waals surface area contributed by atoms with Crippen LogP contribution in [0.1, 0.15) is 17.0 Å². The highest BCUT2D eigenvalue weighted by molar-refractivity contribution is 5.77. The Morgan fingerprint density at radius 1 is 0.889 bits per heavy atom. The van der Waals surface area contributed by atoms with Gasteiger partial charge < -0.3 is 14.0 Å². The fourth-order valence-corrected chi connectivity index (χ4v) is 2.99. The third-order valence-electron chi connectivity index (χ3n) is 4.66. The van der Waals surface area contributed by atoms with E-state index in [9.17, 15) is 0 Å². The average Bonchev–Trinajstić information content (AvgIpc) is 2.99. The summed E-state index contributed by atoms with van der Waals surface area (Å²) in [6, 6.07) is 22.0. The standard InChI is InChI=1S/C23H22N2O2/c1-16-8-10-18(11-9-16)26-15-23-24-20-13-12-19(14-21(20)25(23)3)27-22-7-5-4-6-17(22)2/h4-14H,15H2,1-3H3. The largest absolute Gasteiger partial charge is 0.486 e. The fraction of sp³-hybridized carbons (Fsp3) is 0.174. The van der Waals surface area contributed by atoms with Crippen LogP contribution in [-0.4, -0.2) is 9.55 Å². The number of fused-ring (bicyclic) bond motifs is 1. The van der Waals surface area contributed by atoms with E-state index in [1.165, 1.54) is 5.56 Å². The summed E-state index contributed by atoms with van der Waals surface area (Å²) in [5.74, 6) is 3.38. The molecule has 0 atom stereocenters. The Bertz CT molecular complexity index is 1080. The molecule has 136 valence electrons.